The van der Waals surface area contributed by atoms with E-state index in [9.17, 15) is 9.59 Å². The zero-order valence-corrected chi connectivity index (χ0v) is 16.2. The molecule has 0 radical (unpaired) electrons. The molecular formula is C20H19N7O2. The summed E-state index contributed by atoms with van der Waals surface area (Å²) >= 11 is 0. The molecule has 0 aliphatic heterocycles. The zero-order valence-electron chi connectivity index (χ0n) is 16.2. The molecule has 0 bridgehead atoms. The Kier molecular flexibility index (Phi) is 4.55. The van der Waals surface area contributed by atoms with Gasteiger partial charge in [0.1, 0.15) is 23.5 Å². The lowest BCUT2D eigenvalue weighted by atomic mass is 10.2. The number of amides is 2. The third kappa shape index (κ3) is 3.45. The maximum absolute atomic E-state index is 12.8. The number of hydrogen-bond acceptors (Lipinski definition) is 5. The Morgan fingerprint density at radius 3 is 2.62 bits per heavy atom. The van der Waals surface area contributed by atoms with Crippen molar-refractivity contribution < 1.29 is 9.59 Å². The molecule has 1 aromatic carbocycles. The Labute approximate surface area is 166 Å². The van der Waals surface area contributed by atoms with E-state index in [1.807, 2.05) is 36.5 Å². The summed E-state index contributed by atoms with van der Waals surface area (Å²) in [5.41, 5.74) is 2.83. The largest absolute Gasteiger partial charge is 0.345 e. The van der Waals surface area contributed by atoms with Gasteiger partial charge < -0.3 is 10.2 Å². The van der Waals surface area contributed by atoms with Crippen molar-refractivity contribution >= 4 is 23.3 Å². The van der Waals surface area contributed by atoms with Crippen LogP contribution in [0.1, 0.15) is 20.8 Å². The molecule has 0 saturated heterocycles. The average molecular weight is 389 g/mol. The van der Waals surface area contributed by atoms with E-state index in [1.165, 1.54) is 15.8 Å². The predicted molar refractivity (Wildman–Crippen MR) is 108 cm³/mol. The predicted octanol–water partition coefficient (Wildman–Crippen LogP) is 2.08. The Morgan fingerprint density at radius 1 is 1.14 bits per heavy atom. The molecule has 4 aromatic rings. The minimum Gasteiger partial charge on any atom is -0.345 e. The zero-order chi connectivity index (χ0) is 20.5. The fourth-order valence-corrected chi connectivity index (χ4v) is 2.99. The van der Waals surface area contributed by atoms with Crippen LogP contribution in [0.15, 0.2) is 55.1 Å². The molecule has 0 aliphatic rings. The van der Waals surface area contributed by atoms with Crippen LogP contribution < -0.4 is 5.32 Å². The SMILES string of the molecule is CN(C)C(=O)c1cnn(C)c1C(=O)Nc1cc2nc(-c3ccccc3)cn2cn1. The summed E-state index contributed by atoms with van der Waals surface area (Å²) in [6.07, 6.45) is 4.84. The number of imidazole rings is 1. The molecule has 29 heavy (non-hydrogen) atoms. The average Bonchev–Trinajstić information content (AvgIpc) is 3.31. The van der Waals surface area contributed by atoms with Crippen LogP contribution in [0.2, 0.25) is 0 Å². The molecule has 0 spiro atoms. The first kappa shape index (κ1) is 18.4. The van der Waals surface area contributed by atoms with Gasteiger partial charge in [-0.15, -0.1) is 0 Å². The Morgan fingerprint density at radius 2 is 1.90 bits per heavy atom. The monoisotopic (exact) mass is 389 g/mol. The number of carbonyl (C=O) groups excluding carboxylic acids is 2. The normalized spacial score (nSPS) is 10.9. The number of fused-ring (bicyclic) bond motifs is 1. The smallest absolute Gasteiger partial charge is 0.275 e. The van der Waals surface area contributed by atoms with Gasteiger partial charge in [0.25, 0.3) is 11.8 Å². The third-order valence-corrected chi connectivity index (χ3v) is 4.45. The van der Waals surface area contributed by atoms with Crippen LogP contribution in [-0.4, -0.2) is 55.0 Å². The summed E-state index contributed by atoms with van der Waals surface area (Å²) in [6, 6.07) is 11.5. The van der Waals surface area contributed by atoms with Crippen LogP contribution in [0.3, 0.4) is 0 Å². The van der Waals surface area contributed by atoms with Crippen LogP contribution in [0.5, 0.6) is 0 Å². The molecule has 0 saturated carbocycles. The second-order valence-corrected chi connectivity index (χ2v) is 6.72. The van der Waals surface area contributed by atoms with Crippen LogP contribution in [0.4, 0.5) is 5.82 Å². The fourth-order valence-electron chi connectivity index (χ4n) is 2.99. The van der Waals surface area contributed by atoms with Gasteiger partial charge in [0.2, 0.25) is 0 Å². The number of rotatable bonds is 4. The fraction of sp³-hybridized carbons (Fsp3) is 0.150. The van der Waals surface area contributed by atoms with Crippen molar-refractivity contribution in [3.8, 4) is 11.3 Å². The van der Waals surface area contributed by atoms with Crippen molar-refractivity contribution in [1.82, 2.24) is 29.0 Å². The molecule has 3 aromatic heterocycles. The maximum atomic E-state index is 12.8. The highest BCUT2D eigenvalue weighted by Crippen LogP contribution is 2.20. The number of benzene rings is 1. The van der Waals surface area contributed by atoms with Gasteiger partial charge in [0, 0.05) is 39.0 Å². The van der Waals surface area contributed by atoms with Gasteiger partial charge in [-0.1, -0.05) is 30.3 Å². The van der Waals surface area contributed by atoms with Crippen LogP contribution >= 0.6 is 0 Å². The van der Waals surface area contributed by atoms with Gasteiger partial charge >= 0.3 is 0 Å². The summed E-state index contributed by atoms with van der Waals surface area (Å²) in [4.78, 5) is 35.4. The summed E-state index contributed by atoms with van der Waals surface area (Å²) in [5, 5.41) is 6.77. The van der Waals surface area contributed by atoms with Gasteiger partial charge in [-0.25, -0.2) is 9.97 Å². The Bertz CT molecular complexity index is 1210. The van der Waals surface area contributed by atoms with Gasteiger partial charge in [-0.3, -0.25) is 18.7 Å². The van der Waals surface area contributed by atoms with Crippen molar-refractivity contribution in [2.75, 3.05) is 19.4 Å². The first-order valence-corrected chi connectivity index (χ1v) is 8.89. The molecule has 1 N–H and O–H groups in total. The molecule has 0 fully saturated rings. The van der Waals surface area contributed by atoms with Crippen molar-refractivity contribution in [3.05, 3.63) is 66.4 Å². The van der Waals surface area contributed by atoms with Crippen molar-refractivity contribution in [3.63, 3.8) is 0 Å². The lowest BCUT2D eigenvalue weighted by Gasteiger charge is -2.11. The van der Waals surface area contributed by atoms with Gasteiger partial charge in [0.15, 0.2) is 0 Å². The third-order valence-electron chi connectivity index (χ3n) is 4.45. The topological polar surface area (TPSA) is 97.4 Å². The minimum absolute atomic E-state index is 0.165. The van der Waals surface area contributed by atoms with E-state index in [4.69, 9.17) is 0 Å². The molecule has 0 atom stereocenters. The number of aromatic nitrogens is 5. The second kappa shape index (κ2) is 7.19. The molecule has 2 amide bonds. The molecule has 146 valence electrons. The second-order valence-electron chi connectivity index (χ2n) is 6.72. The van der Waals surface area contributed by atoms with Crippen LogP contribution in [0.25, 0.3) is 16.9 Å². The molecule has 0 unspecified atom stereocenters. The van der Waals surface area contributed by atoms with E-state index >= 15 is 0 Å². The number of nitrogens with one attached hydrogen (secondary N) is 1. The first-order chi connectivity index (χ1) is 13.9. The number of nitrogens with zero attached hydrogens (tertiary/aromatic N) is 6. The molecule has 9 heteroatoms. The summed E-state index contributed by atoms with van der Waals surface area (Å²) in [5.74, 6) is -0.438. The molecule has 3 heterocycles. The van der Waals surface area contributed by atoms with Crippen LogP contribution in [0, 0.1) is 0 Å². The van der Waals surface area contributed by atoms with E-state index in [2.05, 4.69) is 20.4 Å². The van der Waals surface area contributed by atoms with Gasteiger partial charge in [-0.2, -0.15) is 5.10 Å². The lowest BCUT2D eigenvalue weighted by Crippen LogP contribution is -2.26. The van der Waals surface area contributed by atoms with Crippen molar-refractivity contribution in [1.29, 1.82) is 0 Å². The number of carbonyl (C=O) groups is 2. The molecule has 9 nitrogen and oxygen atoms in total. The van der Waals surface area contributed by atoms with Gasteiger partial charge in [-0.05, 0) is 0 Å². The minimum atomic E-state index is -0.470. The summed E-state index contributed by atoms with van der Waals surface area (Å²) < 4.78 is 3.15. The molecule has 4 rings (SSSR count). The summed E-state index contributed by atoms with van der Waals surface area (Å²) in [6.45, 7) is 0. The standard InChI is InChI=1S/C20H19N7O2/c1-25(2)20(29)14-10-22-26(3)18(14)19(28)24-16-9-17-23-15(11-27(17)12-21-16)13-7-5-4-6-8-13/h4-12H,1-3H3,(H,24,28). The first-order valence-electron chi connectivity index (χ1n) is 8.89. The highest BCUT2D eigenvalue weighted by Gasteiger charge is 2.23. The van der Waals surface area contributed by atoms with Crippen molar-refractivity contribution in [2.24, 2.45) is 7.05 Å². The molecule has 0 aliphatic carbocycles. The van der Waals surface area contributed by atoms with E-state index < -0.39 is 5.91 Å². The maximum Gasteiger partial charge on any atom is 0.275 e. The Balaban J connectivity index is 1.63. The summed E-state index contributed by atoms with van der Waals surface area (Å²) in [7, 11) is 4.85. The lowest BCUT2D eigenvalue weighted by molar-refractivity contribution is 0.0821. The highest BCUT2D eigenvalue weighted by molar-refractivity contribution is 6.10. The number of anilines is 1. The molecular weight excluding hydrogens is 370 g/mol. The quantitative estimate of drug-likeness (QED) is 0.576. The Hall–Kier alpha value is -4.01. The number of hydrogen-bond donors (Lipinski definition) is 1. The van der Waals surface area contributed by atoms with E-state index in [-0.39, 0.29) is 17.2 Å². The highest BCUT2D eigenvalue weighted by atomic mass is 16.2. The van der Waals surface area contributed by atoms with Crippen molar-refractivity contribution in [2.45, 2.75) is 0 Å². The van der Waals surface area contributed by atoms with Crippen LogP contribution in [-0.2, 0) is 7.05 Å². The number of aryl methyl sites for hydroxylation is 1. The van der Waals surface area contributed by atoms with E-state index in [0.717, 1.165) is 11.3 Å². The van der Waals surface area contributed by atoms with E-state index in [0.29, 0.717) is 11.5 Å². The van der Waals surface area contributed by atoms with E-state index in [1.54, 1.807) is 37.9 Å². The van der Waals surface area contributed by atoms with Gasteiger partial charge in [0.05, 0.1) is 17.5 Å².